The second-order valence-electron chi connectivity index (χ2n) is 7.81. The molecule has 8 nitrogen and oxygen atoms in total. The molecule has 2 N–H and O–H groups in total. The first-order valence-corrected chi connectivity index (χ1v) is 10.3. The van der Waals surface area contributed by atoms with E-state index in [9.17, 15) is 4.79 Å². The molecule has 5 rings (SSSR count). The summed E-state index contributed by atoms with van der Waals surface area (Å²) in [4.78, 5) is 15.0. The fourth-order valence-electron chi connectivity index (χ4n) is 5.83. The van der Waals surface area contributed by atoms with Crippen molar-refractivity contribution in [2.75, 3.05) is 20.7 Å². The number of likely N-dealkylation sites (tertiary alicyclic amines) is 1. The molecule has 0 aromatic carbocycles. The number of nitrogens with zero attached hydrogens (tertiary/aromatic N) is 1. The van der Waals surface area contributed by atoms with Gasteiger partial charge in [0.25, 0.3) is 0 Å². The Balaban J connectivity index is 0.000000323. The molecule has 5 aliphatic rings. The Kier molecular flexibility index (Phi) is 4.26. The quantitative estimate of drug-likeness (QED) is 0.636. The molecule has 6 atom stereocenters. The highest BCUT2D eigenvalue weighted by Gasteiger charge is 2.69. The van der Waals surface area contributed by atoms with E-state index in [0.29, 0.717) is 23.8 Å². The van der Waals surface area contributed by atoms with Crippen molar-refractivity contribution in [3.63, 3.8) is 0 Å². The highest BCUT2D eigenvalue weighted by atomic mass is 32.3. The van der Waals surface area contributed by atoms with Crippen LogP contribution in [0.5, 0.6) is 0 Å². The first-order valence-electron chi connectivity index (χ1n) is 8.92. The monoisotopic (exact) mass is 397 g/mol. The van der Waals surface area contributed by atoms with Crippen LogP contribution in [0.1, 0.15) is 12.8 Å². The van der Waals surface area contributed by atoms with E-state index in [0.717, 1.165) is 30.9 Å². The van der Waals surface area contributed by atoms with Crippen molar-refractivity contribution in [3.8, 4) is 0 Å². The van der Waals surface area contributed by atoms with Gasteiger partial charge in [0, 0.05) is 23.3 Å². The Morgan fingerprint density at radius 2 is 2.00 bits per heavy atom. The maximum absolute atomic E-state index is 12.6. The van der Waals surface area contributed by atoms with Gasteiger partial charge < -0.3 is 14.4 Å². The Bertz CT molecular complexity index is 853. The molecule has 27 heavy (non-hydrogen) atoms. The van der Waals surface area contributed by atoms with Crippen molar-refractivity contribution in [2.24, 2.45) is 23.2 Å². The Labute approximate surface area is 158 Å². The number of methoxy groups -OCH3 is 1. The van der Waals surface area contributed by atoms with Crippen molar-refractivity contribution >= 4 is 16.2 Å². The third kappa shape index (κ3) is 2.75. The number of rotatable bonds is 1. The summed E-state index contributed by atoms with van der Waals surface area (Å²) >= 11 is 0. The normalized spacial score (nSPS) is 41.5. The van der Waals surface area contributed by atoms with Gasteiger partial charge in [0.05, 0.1) is 7.11 Å². The molecular weight excluding hydrogens is 374 g/mol. The van der Waals surface area contributed by atoms with Crippen LogP contribution in [0.25, 0.3) is 0 Å². The van der Waals surface area contributed by atoms with Gasteiger partial charge in [-0.1, -0.05) is 12.2 Å². The second-order valence-corrected chi connectivity index (χ2v) is 8.71. The Hall–Kier alpha value is -1.68. The number of allylic oxidation sites excluding steroid dienone is 3. The average Bonchev–Trinajstić information content (AvgIpc) is 2.93. The number of piperidine rings is 1. The molecule has 9 heteroatoms. The van der Waals surface area contributed by atoms with Crippen LogP contribution in [0.4, 0.5) is 0 Å². The summed E-state index contributed by atoms with van der Waals surface area (Å²) in [5.74, 6) is 3.07. The van der Waals surface area contributed by atoms with E-state index in [1.165, 1.54) is 0 Å². The van der Waals surface area contributed by atoms with Crippen LogP contribution in [0.2, 0.25) is 0 Å². The number of carbonyl (C=O) groups is 1. The zero-order valence-electron chi connectivity index (χ0n) is 15.1. The van der Waals surface area contributed by atoms with Gasteiger partial charge in [0.2, 0.25) is 0 Å². The van der Waals surface area contributed by atoms with Crippen LogP contribution in [0, 0.1) is 23.2 Å². The molecule has 1 spiro atoms. The molecule has 2 heterocycles. The largest absolute Gasteiger partial charge is 0.493 e. The van der Waals surface area contributed by atoms with Crippen molar-refractivity contribution in [3.05, 3.63) is 35.8 Å². The molecule has 2 aliphatic heterocycles. The highest BCUT2D eigenvalue weighted by molar-refractivity contribution is 7.79. The predicted molar refractivity (Wildman–Crippen MR) is 94.9 cm³/mol. The van der Waals surface area contributed by atoms with Crippen LogP contribution >= 0.6 is 0 Å². The van der Waals surface area contributed by atoms with Gasteiger partial charge in [-0.25, -0.2) is 0 Å². The zero-order chi connectivity index (χ0) is 19.6. The van der Waals surface area contributed by atoms with E-state index in [1.54, 1.807) is 13.2 Å². The Morgan fingerprint density at radius 1 is 1.30 bits per heavy atom. The number of ether oxygens (including phenoxy) is 2. The fourth-order valence-corrected chi connectivity index (χ4v) is 5.83. The van der Waals surface area contributed by atoms with Gasteiger partial charge in [-0.15, -0.1) is 0 Å². The molecule has 1 saturated carbocycles. The molecule has 2 unspecified atom stereocenters. The van der Waals surface area contributed by atoms with Gasteiger partial charge in [-0.05, 0) is 44.5 Å². The van der Waals surface area contributed by atoms with Crippen molar-refractivity contribution in [1.29, 1.82) is 0 Å². The Morgan fingerprint density at radius 3 is 2.67 bits per heavy atom. The van der Waals surface area contributed by atoms with Crippen LogP contribution in [-0.4, -0.2) is 61.1 Å². The van der Waals surface area contributed by atoms with Gasteiger partial charge in [-0.2, -0.15) is 8.42 Å². The fraction of sp³-hybridized carbons (Fsp3) is 0.611. The smallest absolute Gasteiger partial charge is 0.394 e. The van der Waals surface area contributed by atoms with Crippen LogP contribution in [-0.2, 0) is 24.7 Å². The molecule has 0 aromatic heterocycles. The second kappa shape index (κ2) is 6.16. The summed E-state index contributed by atoms with van der Waals surface area (Å²) in [7, 11) is -0.759. The van der Waals surface area contributed by atoms with E-state index in [1.807, 2.05) is 6.08 Å². The molecule has 2 saturated heterocycles. The summed E-state index contributed by atoms with van der Waals surface area (Å²) in [6, 6.07) is 0.513. The van der Waals surface area contributed by atoms with Crippen LogP contribution < -0.4 is 0 Å². The van der Waals surface area contributed by atoms with Gasteiger partial charge in [-0.3, -0.25) is 13.9 Å². The lowest BCUT2D eigenvalue weighted by molar-refractivity contribution is -0.140. The molecule has 0 amide bonds. The standard InChI is InChI=1S/C18H21NO3.H2O4S/c1-19-8-7-18-11-4-5-13(20)17(18)22-16-14(21-2)6-3-10(15(16)18)9-12(11)19;1-5(2,3)4/h3-6,10-12,15,17H,7-9H2,1-2H3;(H2,1,2,3,4)/t10?,11-,12+,15?,17-,18-;/m0./s1. The summed E-state index contributed by atoms with van der Waals surface area (Å²) in [5, 5.41) is 0. The van der Waals surface area contributed by atoms with Crippen LogP contribution in [0.15, 0.2) is 35.8 Å². The number of hydrogen-bond donors (Lipinski definition) is 2. The van der Waals surface area contributed by atoms with Crippen molar-refractivity contribution in [2.45, 2.75) is 25.0 Å². The highest BCUT2D eigenvalue weighted by Crippen LogP contribution is 2.66. The molecule has 3 aliphatic carbocycles. The van der Waals surface area contributed by atoms with E-state index in [-0.39, 0.29) is 17.3 Å². The maximum Gasteiger partial charge on any atom is 0.394 e. The molecule has 0 radical (unpaired) electrons. The number of carbonyl (C=O) groups excluding carboxylic acids is 1. The lowest BCUT2D eigenvalue weighted by Gasteiger charge is -2.59. The summed E-state index contributed by atoms with van der Waals surface area (Å²) in [5.41, 5.74) is -0.0597. The maximum atomic E-state index is 12.6. The lowest BCUT2D eigenvalue weighted by atomic mass is 9.48. The van der Waals surface area contributed by atoms with Crippen molar-refractivity contribution in [1.82, 2.24) is 4.90 Å². The molecular formula is C18H23NO7S. The predicted octanol–water partition coefficient (Wildman–Crippen LogP) is 1.24. The number of ketones is 1. The average molecular weight is 397 g/mol. The summed E-state index contributed by atoms with van der Waals surface area (Å²) < 4.78 is 43.4. The zero-order valence-corrected chi connectivity index (χ0v) is 15.9. The summed E-state index contributed by atoms with van der Waals surface area (Å²) in [6.07, 6.45) is 10.1. The van der Waals surface area contributed by atoms with Gasteiger partial charge >= 0.3 is 10.4 Å². The molecule has 0 aromatic rings. The first kappa shape index (κ1) is 18.7. The molecule has 3 fully saturated rings. The SMILES string of the molecule is COC1=C2O[C@H]3C(=O)C=C[C@H]4[C@H]5CC(C=C1)C2[C@@]34CCN5C.O=S(=O)(O)O. The molecule has 2 bridgehead atoms. The first-order chi connectivity index (χ1) is 12.7. The van der Waals surface area contributed by atoms with Gasteiger partial charge in [0.1, 0.15) is 5.76 Å². The topological polar surface area (TPSA) is 113 Å². The van der Waals surface area contributed by atoms with Crippen LogP contribution in [0.3, 0.4) is 0 Å². The minimum Gasteiger partial charge on any atom is -0.493 e. The van der Waals surface area contributed by atoms with E-state index in [2.05, 4.69) is 24.1 Å². The lowest BCUT2D eigenvalue weighted by Crippen LogP contribution is -2.64. The van der Waals surface area contributed by atoms with Gasteiger partial charge in [0.15, 0.2) is 17.6 Å². The molecule has 148 valence electrons. The van der Waals surface area contributed by atoms with E-state index < -0.39 is 10.4 Å². The summed E-state index contributed by atoms with van der Waals surface area (Å²) in [6.45, 7) is 1.05. The third-order valence-corrected chi connectivity index (χ3v) is 6.72. The van der Waals surface area contributed by atoms with E-state index in [4.69, 9.17) is 27.0 Å². The minimum atomic E-state index is -4.67. The third-order valence-electron chi connectivity index (χ3n) is 6.72. The van der Waals surface area contributed by atoms with Crippen molar-refractivity contribution < 1.29 is 31.8 Å². The van der Waals surface area contributed by atoms with E-state index >= 15 is 0 Å². The number of hydrogen-bond acceptors (Lipinski definition) is 6. The minimum absolute atomic E-state index is 0.0597.